The quantitative estimate of drug-likeness (QED) is 0.445. The van der Waals surface area contributed by atoms with E-state index < -0.39 is 12.1 Å². The minimum Gasteiger partial charge on any atom is -0.381 e. The maximum Gasteiger partial charge on any atom is 0.247 e. The highest BCUT2D eigenvalue weighted by Gasteiger charge is 2.60. The van der Waals surface area contributed by atoms with Crippen molar-refractivity contribution in [1.82, 2.24) is 20.4 Å². The molecule has 0 aromatic carbocycles. The topological polar surface area (TPSA) is 109 Å². The van der Waals surface area contributed by atoms with E-state index in [1.165, 1.54) is 0 Å². The summed E-state index contributed by atoms with van der Waals surface area (Å²) in [6.07, 6.45) is 7.17. The summed E-state index contributed by atoms with van der Waals surface area (Å²) in [6, 6.07) is -0.741. The number of fused-ring (bicyclic) bond motifs is 3. The molecule has 0 aromatic rings. The van der Waals surface area contributed by atoms with Crippen LogP contribution in [0.5, 0.6) is 0 Å². The SMILES string of the molecule is C[C@@H](OCC12CCC(CC1)OC2)[C@H](NC(=O)[C@@H]1CNCC12CN(C(=O)[C@H]1CC1(C)C)C2)C(=O)N1CC2(CCOCC2)C1. The Hall–Kier alpha value is -1.75. The number of likely N-dealkylation sites (tertiary alicyclic amines) is 2. The van der Waals surface area contributed by atoms with Crippen molar-refractivity contribution in [3.8, 4) is 0 Å². The Morgan fingerprint density at radius 1 is 1.00 bits per heavy atom. The van der Waals surface area contributed by atoms with Gasteiger partial charge in [-0.25, -0.2) is 0 Å². The largest absolute Gasteiger partial charge is 0.381 e. The Bertz CT molecular complexity index is 1070. The number of hydrogen-bond donors (Lipinski definition) is 2. The zero-order valence-electron chi connectivity index (χ0n) is 25.8. The van der Waals surface area contributed by atoms with E-state index in [0.717, 1.165) is 77.9 Å². The molecular weight excluding hydrogens is 536 g/mol. The summed E-state index contributed by atoms with van der Waals surface area (Å²) >= 11 is 0. The lowest BCUT2D eigenvalue weighted by Crippen LogP contribution is -2.67. The Morgan fingerprint density at radius 3 is 2.31 bits per heavy atom. The fraction of sp³-hybridized carbons (Fsp3) is 0.906. The molecule has 2 N–H and O–H groups in total. The summed E-state index contributed by atoms with van der Waals surface area (Å²) in [5.74, 6) is -0.0954. The first-order chi connectivity index (χ1) is 20.0. The average Bonchev–Trinajstić information content (AvgIpc) is 3.38. The fourth-order valence-corrected chi connectivity index (χ4v) is 8.76. The third kappa shape index (κ3) is 5.08. The molecule has 8 fully saturated rings. The van der Waals surface area contributed by atoms with Crippen LogP contribution < -0.4 is 10.6 Å². The molecule has 10 nitrogen and oxygen atoms in total. The number of amides is 3. The van der Waals surface area contributed by atoms with Gasteiger partial charge in [0.2, 0.25) is 17.7 Å². The van der Waals surface area contributed by atoms with E-state index in [1.54, 1.807) is 0 Å². The van der Waals surface area contributed by atoms with E-state index in [1.807, 2.05) is 16.7 Å². The second kappa shape index (κ2) is 10.4. The number of ether oxygens (including phenoxy) is 3. The maximum atomic E-state index is 14.0. The van der Waals surface area contributed by atoms with Crippen LogP contribution in [0.3, 0.4) is 0 Å². The third-order valence-electron chi connectivity index (χ3n) is 12.2. The molecule has 2 spiro atoms. The highest BCUT2D eigenvalue weighted by molar-refractivity contribution is 5.90. The van der Waals surface area contributed by atoms with Crippen LogP contribution in [0.25, 0.3) is 0 Å². The molecule has 6 aliphatic heterocycles. The number of carbonyl (C=O) groups is 3. The second-order valence-corrected chi connectivity index (χ2v) is 15.8. The fourth-order valence-electron chi connectivity index (χ4n) is 8.76. The van der Waals surface area contributed by atoms with Gasteiger partial charge in [0.15, 0.2) is 0 Å². The predicted octanol–water partition coefficient (Wildman–Crippen LogP) is 1.57. The Morgan fingerprint density at radius 2 is 1.69 bits per heavy atom. The van der Waals surface area contributed by atoms with Gasteiger partial charge < -0.3 is 34.6 Å². The van der Waals surface area contributed by atoms with Crippen LogP contribution in [-0.4, -0.2) is 111 Å². The van der Waals surface area contributed by atoms with Gasteiger partial charge in [-0.3, -0.25) is 14.4 Å². The third-order valence-corrected chi connectivity index (χ3v) is 12.2. The van der Waals surface area contributed by atoms with Gasteiger partial charge in [0, 0.05) is 74.6 Å². The van der Waals surface area contributed by atoms with Crippen LogP contribution in [0, 0.1) is 33.5 Å². The van der Waals surface area contributed by atoms with Crippen molar-refractivity contribution in [2.45, 2.75) is 84.0 Å². The summed E-state index contributed by atoms with van der Waals surface area (Å²) in [5.41, 5.74) is -0.00445. The van der Waals surface area contributed by atoms with Crippen LogP contribution in [-0.2, 0) is 28.6 Å². The molecule has 3 amide bonds. The molecule has 10 heteroatoms. The molecule has 4 atom stereocenters. The zero-order valence-corrected chi connectivity index (χ0v) is 25.8. The lowest BCUT2D eigenvalue weighted by Gasteiger charge is -2.53. The summed E-state index contributed by atoms with van der Waals surface area (Å²) in [6.45, 7) is 12.9. The van der Waals surface area contributed by atoms with Crippen molar-refractivity contribution in [3.63, 3.8) is 0 Å². The van der Waals surface area contributed by atoms with Crippen molar-refractivity contribution in [2.24, 2.45) is 33.5 Å². The van der Waals surface area contributed by atoms with Crippen LogP contribution in [0.15, 0.2) is 0 Å². The maximum absolute atomic E-state index is 14.0. The number of carbonyl (C=O) groups excluding carboxylic acids is 3. The number of hydrogen-bond acceptors (Lipinski definition) is 7. The minimum absolute atomic E-state index is 0.0149. The number of nitrogens with one attached hydrogen (secondary N) is 2. The molecule has 42 heavy (non-hydrogen) atoms. The molecule has 2 bridgehead atoms. The van der Waals surface area contributed by atoms with Gasteiger partial charge in [-0.05, 0) is 57.3 Å². The van der Waals surface area contributed by atoms with Crippen LogP contribution in [0.2, 0.25) is 0 Å². The van der Waals surface area contributed by atoms with E-state index in [-0.39, 0.29) is 51.2 Å². The first-order valence-corrected chi connectivity index (χ1v) is 16.4. The molecule has 8 rings (SSSR count). The van der Waals surface area contributed by atoms with E-state index in [9.17, 15) is 14.4 Å². The van der Waals surface area contributed by atoms with E-state index in [2.05, 4.69) is 24.5 Å². The molecule has 6 heterocycles. The van der Waals surface area contributed by atoms with Gasteiger partial charge in [0.05, 0.1) is 31.3 Å². The molecule has 2 aliphatic carbocycles. The van der Waals surface area contributed by atoms with E-state index >= 15 is 0 Å². The second-order valence-electron chi connectivity index (χ2n) is 15.8. The van der Waals surface area contributed by atoms with Gasteiger partial charge in [0.25, 0.3) is 0 Å². The van der Waals surface area contributed by atoms with Crippen molar-refractivity contribution in [2.75, 3.05) is 65.7 Å². The molecule has 234 valence electrons. The Balaban J connectivity index is 1.01. The van der Waals surface area contributed by atoms with Gasteiger partial charge in [-0.15, -0.1) is 0 Å². The highest BCUT2D eigenvalue weighted by Crippen LogP contribution is 2.54. The lowest BCUT2D eigenvalue weighted by atomic mass is 9.70. The average molecular weight is 587 g/mol. The van der Waals surface area contributed by atoms with Crippen molar-refractivity contribution in [1.29, 1.82) is 0 Å². The monoisotopic (exact) mass is 586 g/mol. The smallest absolute Gasteiger partial charge is 0.247 e. The molecule has 0 unspecified atom stereocenters. The van der Waals surface area contributed by atoms with Crippen molar-refractivity contribution in [3.05, 3.63) is 0 Å². The summed E-state index contributed by atoms with van der Waals surface area (Å²) in [5, 5.41) is 6.60. The van der Waals surface area contributed by atoms with E-state index in [0.29, 0.717) is 38.9 Å². The number of nitrogens with zero attached hydrogens (tertiary/aromatic N) is 2. The first kappa shape index (κ1) is 29.0. The van der Waals surface area contributed by atoms with Crippen molar-refractivity contribution >= 4 is 17.7 Å². The summed E-state index contributed by atoms with van der Waals surface area (Å²) in [4.78, 5) is 44.8. The highest BCUT2D eigenvalue weighted by atomic mass is 16.5. The Kier molecular flexibility index (Phi) is 7.19. The molecular formula is C32H50N4O6. The Labute approximate surface area is 249 Å². The zero-order chi connectivity index (χ0) is 29.3. The van der Waals surface area contributed by atoms with Crippen LogP contribution >= 0.6 is 0 Å². The van der Waals surface area contributed by atoms with Crippen LogP contribution in [0.4, 0.5) is 0 Å². The van der Waals surface area contributed by atoms with Gasteiger partial charge in [-0.2, -0.15) is 0 Å². The van der Waals surface area contributed by atoms with Gasteiger partial charge in [0.1, 0.15) is 6.04 Å². The number of rotatable bonds is 8. The molecule has 0 aromatic heterocycles. The molecule has 0 radical (unpaired) electrons. The van der Waals surface area contributed by atoms with Crippen molar-refractivity contribution < 1.29 is 28.6 Å². The normalized spacial score (nSPS) is 36.7. The first-order valence-electron chi connectivity index (χ1n) is 16.4. The predicted molar refractivity (Wildman–Crippen MR) is 154 cm³/mol. The van der Waals surface area contributed by atoms with E-state index in [4.69, 9.17) is 14.2 Å². The van der Waals surface area contributed by atoms with Gasteiger partial charge in [-0.1, -0.05) is 13.8 Å². The molecule has 6 saturated heterocycles. The van der Waals surface area contributed by atoms with Crippen LogP contribution in [0.1, 0.15) is 65.7 Å². The summed E-state index contributed by atoms with van der Waals surface area (Å²) < 4.78 is 18.0. The lowest BCUT2D eigenvalue weighted by molar-refractivity contribution is -0.166. The molecule has 2 saturated carbocycles. The van der Waals surface area contributed by atoms with Gasteiger partial charge >= 0.3 is 0 Å². The minimum atomic E-state index is -0.741. The molecule has 8 aliphatic rings. The summed E-state index contributed by atoms with van der Waals surface area (Å²) in [7, 11) is 0. The standard InChI is InChI=1S/C32H50N4O6/c1-21(41-19-31-6-4-22(5-7-31)42-20-31)25(28(39)35-15-30(16-35)8-10-40-11-9-30)34-26(37)24-13-33-14-32(24)17-36(18-32)27(38)23-12-29(23,2)3/h21-25,33H,4-20H2,1-3H3,(H,34,37)/t21-,22?,23-,24+,25+,31?/m1/s1.